The monoisotopic (exact) mass is 148 g/mol. The van der Waals surface area contributed by atoms with Crippen molar-refractivity contribution in [2.75, 3.05) is 19.8 Å². The Bertz CT molecular complexity index is 107. The van der Waals surface area contributed by atoms with Gasteiger partial charge >= 0.3 is 6.09 Å². The molecule has 1 amide bonds. The first-order chi connectivity index (χ1) is 4.72. The Morgan fingerprint density at radius 3 is 2.80 bits per heavy atom. The summed E-state index contributed by atoms with van der Waals surface area (Å²) >= 11 is 0. The van der Waals surface area contributed by atoms with E-state index >= 15 is 0 Å². The van der Waals surface area contributed by atoms with E-state index in [-0.39, 0.29) is 19.8 Å². The van der Waals surface area contributed by atoms with Crippen molar-refractivity contribution in [1.29, 1.82) is 0 Å². The summed E-state index contributed by atoms with van der Waals surface area (Å²) < 4.78 is 4.51. The number of nitrogens with zero attached hydrogens (tertiary/aromatic N) is 1. The zero-order valence-electron chi connectivity index (χ0n) is 5.91. The van der Waals surface area contributed by atoms with Gasteiger partial charge < -0.3 is 9.84 Å². The number of amides is 1. The normalized spacial score (nSPS) is 9.10. The second-order valence-corrected chi connectivity index (χ2v) is 1.62. The van der Waals surface area contributed by atoms with Crippen LogP contribution in [0.5, 0.6) is 0 Å². The van der Waals surface area contributed by atoms with Crippen molar-refractivity contribution < 1.29 is 14.6 Å². The highest BCUT2D eigenvalue weighted by Crippen LogP contribution is 1.84. The van der Waals surface area contributed by atoms with E-state index in [1.165, 1.54) is 0 Å². The third kappa shape index (κ3) is 3.26. The number of carbonyl (C=O) groups is 1. The van der Waals surface area contributed by atoms with Crippen LogP contribution in [0.3, 0.4) is 0 Å². The molecule has 5 nitrogen and oxygen atoms in total. The number of aliphatic hydroxyl groups is 1. The molecule has 0 saturated carbocycles. The molecular weight excluding hydrogens is 136 g/mol. The summed E-state index contributed by atoms with van der Waals surface area (Å²) in [4.78, 5) is 10.6. The van der Waals surface area contributed by atoms with E-state index in [0.29, 0.717) is 0 Å². The molecule has 0 aromatic heterocycles. The Balaban J connectivity index is 3.49. The van der Waals surface area contributed by atoms with Crippen molar-refractivity contribution in [2.45, 2.75) is 6.92 Å². The van der Waals surface area contributed by atoms with Gasteiger partial charge in [-0.3, -0.25) is 0 Å². The van der Waals surface area contributed by atoms with Crippen molar-refractivity contribution in [1.82, 2.24) is 5.01 Å². The second-order valence-electron chi connectivity index (χ2n) is 1.62. The van der Waals surface area contributed by atoms with Crippen molar-refractivity contribution >= 4 is 6.09 Å². The number of hydrazine groups is 1. The van der Waals surface area contributed by atoms with Crippen LogP contribution < -0.4 is 5.84 Å². The number of hydrogen-bond acceptors (Lipinski definition) is 4. The van der Waals surface area contributed by atoms with Crippen molar-refractivity contribution in [3.63, 3.8) is 0 Å². The number of nitrogens with two attached hydrogens (primary N) is 1. The minimum absolute atomic E-state index is 0.0961. The third-order valence-electron chi connectivity index (χ3n) is 0.843. The van der Waals surface area contributed by atoms with E-state index in [0.717, 1.165) is 5.01 Å². The van der Waals surface area contributed by atoms with Crippen LogP contribution in [0.4, 0.5) is 4.79 Å². The smallest absolute Gasteiger partial charge is 0.424 e. The molecule has 0 spiro atoms. The highest BCUT2D eigenvalue weighted by molar-refractivity contribution is 5.66. The minimum atomic E-state index is -0.614. The lowest BCUT2D eigenvalue weighted by Gasteiger charge is -2.13. The summed E-state index contributed by atoms with van der Waals surface area (Å²) in [7, 11) is 0. The first-order valence-electron chi connectivity index (χ1n) is 3.02. The maximum absolute atomic E-state index is 10.6. The molecule has 0 fully saturated rings. The molecule has 60 valence electrons. The molecule has 10 heavy (non-hydrogen) atoms. The average Bonchev–Trinajstić information content (AvgIpc) is 1.89. The van der Waals surface area contributed by atoms with E-state index in [4.69, 9.17) is 10.9 Å². The molecule has 0 aliphatic carbocycles. The zero-order valence-corrected chi connectivity index (χ0v) is 5.91. The fourth-order valence-corrected chi connectivity index (χ4v) is 0.405. The highest BCUT2D eigenvalue weighted by Gasteiger charge is 2.07. The summed E-state index contributed by atoms with van der Waals surface area (Å²) in [6, 6.07) is 0. The van der Waals surface area contributed by atoms with Gasteiger partial charge in [-0.1, -0.05) is 0 Å². The molecule has 0 aromatic carbocycles. The fourth-order valence-electron chi connectivity index (χ4n) is 0.405. The molecule has 3 N–H and O–H groups in total. The lowest BCUT2D eigenvalue weighted by Crippen LogP contribution is -2.39. The van der Waals surface area contributed by atoms with Crippen LogP contribution in [0.1, 0.15) is 6.92 Å². The van der Waals surface area contributed by atoms with Gasteiger partial charge in [0, 0.05) is 0 Å². The lowest BCUT2D eigenvalue weighted by atomic mass is 10.7. The van der Waals surface area contributed by atoms with Gasteiger partial charge in [0.25, 0.3) is 0 Å². The van der Waals surface area contributed by atoms with Gasteiger partial charge in [0.1, 0.15) is 0 Å². The topological polar surface area (TPSA) is 75.8 Å². The molecule has 0 bridgehead atoms. The van der Waals surface area contributed by atoms with Gasteiger partial charge in [0.2, 0.25) is 0 Å². The summed E-state index contributed by atoms with van der Waals surface area (Å²) in [6.07, 6.45) is -0.614. The van der Waals surface area contributed by atoms with E-state index in [2.05, 4.69) is 4.74 Å². The van der Waals surface area contributed by atoms with Gasteiger partial charge in [-0.05, 0) is 6.92 Å². The Hall–Kier alpha value is -0.810. The van der Waals surface area contributed by atoms with Crippen LogP contribution in [-0.4, -0.2) is 36.0 Å². The van der Waals surface area contributed by atoms with Crippen LogP contribution in [0.15, 0.2) is 0 Å². The van der Waals surface area contributed by atoms with Gasteiger partial charge in [-0.2, -0.15) is 0 Å². The molecule has 0 aromatic rings. The second kappa shape index (κ2) is 5.01. The van der Waals surface area contributed by atoms with Gasteiger partial charge in [-0.25, -0.2) is 15.6 Å². The van der Waals surface area contributed by atoms with E-state index in [1.54, 1.807) is 6.92 Å². The molecule has 0 unspecified atom stereocenters. The maximum Gasteiger partial charge on any atom is 0.424 e. The molecular formula is C5H12N2O3. The Kier molecular flexibility index (Phi) is 4.61. The maximum atomic E-state index is 10.6. The van der Waals surface area contributed by atoms with Crippen LogP contribution in [0, 0.1) is 0 Å². The Morgan fingerprint density at radius 2 is 2.40 bits per heavy atom. The van der Waals surface area contributed by atoms with Gasteiger partial charge in [-0.15, -0.1) is 0 Å². The Labute approximate surface area is 59.3 Å². The van der Waals surface area contributed by atoms with Crippen LogP contribution in [0.25, 0.3) is 0 Å². The minimum Gasteiger partial charge on any atom is -0.449 e. The standard InChI is InChI=1S/C5H12N2O3/c1-2-10-5(9)7(6)3-4-8/h8H,2-4,6H2,1H3. The number of ether oxygens (including phenoxy) is 1. The third-order valence-corrected chi connectivity index (χ3v) is 0.843. The van der Waals surface area contributed by atoms with Crippen molar-refractivity contribution in [2.24, 2.45) is 5.84 Å². The predicted molar refractivity (Wildman–Crippen MR) is 35.0 cm³/mol. The van der Waals surface area contributed by atoms with Gasteiger partial charge in [0.15, 0.2) is 0 Å². The van der Waals surface area contributed by atoms with Crippen molar-refractivity contribution in [3.05, 3.63) is 0 Å². The lowest BCUT2D eigenvalue weighted by molar-refractivity contribution is 0.0987. The first-order valence-corrected chi connectivity index (χ1v) is 3.02. The number of aliphatic hydroxyl groups excluding tert-OH is 1. The van der Waals surface area contributed by atoms with Gasteiger partial charge in [0.05, 0.1) is 19.8 Å². The molecule has 0 aliphatic heterocycles. The van der Waals surface area contributed by atoms with Crippen LogP contribution in [-0.2, 0) is 4.74 Å². The molecule has 0 saturated heterocycles. The molecule has 5 heteroatoms. The van der Waals surface area contributed by atoms with Crippen LogP contribution >= 0.6 is 0 Å². The molecule has 0 rings (SSSR count). The predicted octanol–water partition coefficient (Wildman–Crippen LogP) is -0.689. The summed E-state index contributed by atoms with van der Waals surface area (Å²) in [5.41, 5.74) is 0. The van der Waals surface area contributed by atoms with E-state index < -0.39 is 6.09 Å². The summed E-state index contributed by atoms with van der Waals surface area (Å²) in [5.74, 6) is 5.11. The highest BCUT2D eigenvalue weighted by atomic mass is 16.6. The fraction of sp³-hybridized carbons (Fsp3) is 0.800. The number of carbonyl (C=O) groups excluding carboxylic acids is 1. The number of hydrogen-bond donors (Lipinski definition) is 2. The van der Waals surface area contributed by atoms with E-state index in [9.17, 15) is 4.79 Å². The average molecular weight is 148 g/mol. The van der Waals surface area contributed by atoms with E-state index in [1.807, 2.05) is 0 Å². The largest absolute Gasteiger partial charge is 0.449 e. The molecule has 0 aliphatic rings. The molecule has 0 radical (unpaired) electrons. The summed E-state index contributed by atoms with van der Waals surface area (Å²) in [5, 5.41) is 9.15. The number of rotatable bonds is 3. The van der Waals surface area contributed by atoms with Crippen LogP contribution in [0.2, 0.25) is 0 Å². The molecule has 0 heterocycles. The quantitative estimate of drug-likeness (QED) is 0.315. The first kappa shape index (κ1) is 9.19. The summed E-state index contributed by atoms with van der Waals surface area (Å²) in [6.45, 7) is 1.91. The Morgan fingerprint density at radius 1 is 1.80 bits per heavy atom. The SMILES string of the molecule is CCOC(=O)N(N)CCO. The van der Waals surface area contributed by atoms with Crippen molar-refractivity contribution in [3.8, 4) is 0 Å². The molecule has 0 atom stereocenters. The zero-order chi connectivity index (χ0) is 7.98.